The number of hydrogen-bond donors (Lipinski definition) is 1. The van der Waals surface area contributed by atoms with Crippen molar-refractivity contribution in [2.45, 2.75) is 19.4 Å². The van der Waals surface area contributed by atoms with Crippen LogP contribution in [0, 0.1) is 0 Å². The highest BCUT2D eigenvalue weighted by Gasteiger charge is 2.11. The largest absolute Gasteiger partial charge is 0.505 e. The van der Waals surface area contributed by atoms with Crippen molar-refractivity contribution in [3.05, 3.63) is 0 Å². The minimum Gasteiger partial charge on any atom is -0.450 e. The first kappa shape index (κ1) is 15.2. The van der Waals surface area contributed by atoms with Gasteiger partial charge in [0.2, 0.25) is 0 Å². The van der Waals surface area contributed by atoms with Gasteiger partial charge in [0.15, 0.2) is 0 Å². The van der Waals surface area contributed by atoms with E-state index in [4.69, 9.17) is 19.3 Å². The normalized spacial score (nSPS) is 12.4. The van der Waals surface area contributed by atoms with Crippen LogP contribution in [-0.4, -0.2) is 57.5 Å². The molecule has 0 spiro atoms. The lowest BCUT2D eigenvalue weighted by atomic mass is 10.3. The van der Waals surface area contributed by atoms with Crippen LogP contribution < -0.4 is 0 Å². The Morgan fingerprint density at radius 3 is 2.62 bits per heavy atom. The molecule has 0 aromatic rings. The van der Waals surface area contributed by atoms with Crippen molar-refractivity contribution in [1.29, 1.82) is 0 Å². The molecular formula is C10H20O6. The SMILES string of the molecule is CCOCCC(COC(=O)O)OCCOC. The average Bonchev–Trinajstić information content (AvgIpc) is 2.25. The molecule has 0 aliphatic rings. The molecule has 0 aliphatic carbocycles. The molecule has 6 nitrogen and oxygen atoms in total. The van der Waals surface area contributed by atoms with Gasteiger partial charge in [0.05, 0.1) is 19.3 Å². The number of rotatable bonds is 10. The first-order chi connectivity index (χ1) is 7.70. The van der Waals surface area contributed by atoms with E-state index < -0.39 is 6.16 Å². The van der Waals surface area contributed by atoms with Gasteiger partial charge in [-0.2, -0.15) is 0 Å². The van der Waals surface area contributed by atoms with E-state index in [9.17, 15) is 4.79 Å². The zero-order valence-electron chi connectivity index (χ0n) is 9.81. The zero-order valence-corrected chi connectivity index (χ0v) is 9.81. The van der Waals surface area contributed by atoms with Crippen LogP contribution in [0.3, 0.4) is 0 Å². The molecule has 1 unspecified atom stereocenters. The van der Waals surface area contributed by atoms with Crippen LogP contribution in [0.5, 0.6) is 0 Å². The van der Waals surface area contributed by atoms with Crippen LogP contribution in [0.4, 0.5) is 4.79 Å². The van der Waals surface area contributed by atoms with Crippen LogP contribution in [0.15, 0.2) is 0 Å². The minimum absolute atomic E-state index is 0.0200. The van der Waals surface area contributed by atoms with E-state index >= 15 is 0 Å². The molecule has 0 aliphatic heterocycles. The summed E-state index contributed by atoms with van der Waals surface area (Å²) in [5, 5.41) is 8.37. The lowest BCUT2D eigenvalue weighted by Crippen LogP contribution is -2.25. The van der Waals surface area contributed by atoms with Crippen LogP contribution >= 0.6 is 0 Å². The molecule has 0 heterocycles. The number of carboxylic acid groups (broad SMARTS) is 1. The molecule has 0 amide bonds. The minimum atomic E-state index is -1.29. The summed E-state index contributed by atoms with van der Waals surface area (Å²) in [5.74, 6) is 0. The number of ether oxygens (including phenoxy) is 4. The van der Waals surface area contributed by atoms with Crippen molar-refractivity contribution in [1.82, 2.24) is 0 Å². The summed E-state index contributed by atoms with van der Waals surface area (Å²) in [7, 11) is 1.58. The number of carbonyl (C=O) groups is 1. The molecule has 0 aromatic carbocycles. The zero-order chi connectivity index (χ0) is 12.2. The third-order valence-electron chi connectivity index (χ3n) is 1.82. The molecule has 0 saturated carbocycles. The first-order valence-electron chi connectivity index (χ1n) is 5.24. The van der Waals surface area contributed by atoms with Gasteiger partial charge in [-0.3, -0.25) is 0 Å². The molecule has 16 heavy (non-hydrogen) atoms. The summed E-state index contributed by atoms with van der Waals surface area (Å²) >= 11 is 0. The summed E-state index contributed by atoms with van der Waals surface area (Å²) in [6.07, 6.45) is -0.972. The van der Waals surface area contributed by atoms with Gasteiger partial charge in [-0.05, 0) is 6.92 Å². The fourth-order valence-electron chi connectivity index (χ4n) is 1.04. The second-order valence-electron chi connectivity index (χ2n) is 3.05. The van der Waals surface area contributed by atoms with E-state index in [2.05, 4.69) is 4.74 Å². The highest BCUT2D eigenvalue weighted by Crippen LogP contribution is 2.01. The Bertz CT molecular complexity index is 163. The third-order valence-corrected chi connectivity index (χ3v) is 1.82. The summed E-state index contributed by atoms with van der Waals surface area (Å²) in [5.41, 5.74) is 0. The van der Waals surface area contributed by atoms with Crippen LogP contribution in [-0.2, 0) is 18.9 Å². The van der Waals surface area contributed by atoms with Gasteiger partial charge in [0.1, 0.15) is 6.61 Å². The predicted molar refractivity (Wildman–Crippen MR) is 56.7 cm³/mol. The van der Waals surface area contributed by atoms with Crippen molar-refractivity contribution >= 4 is 6.16 Å². The summed E-state index contributed by atoms with van der Waals surface area (Å²) < 4.78 is 19.8. The Hall–Kier alpha value is -0.850. The Morgan fingerprint density at radius 1 is 1.31 bits per heavy atom. The van der Waals surface area contributed by atoms with Gasteiger partial charge in [-0.15, -0.1) is 0 Å². The van der Waals surface area contributed by atoms with Gasteiger partial charge >= 0.3 is 6.16 Å². The molecule has 0 saturated heterocycles. The van der Waals surface area contributed by atoms with Gasteiger partial charge in [0.25, 0.3) is 0 Å². The molecule has 6 heteroatoms. The van der Waals surface area contributed by atoms with E-state index in [1.165, 1.54) is 0 Å². The maximum absolute atomic E-state index is 10.2. The second-order valence-corrected chi connectivity index (χ2v) is 3.05. The Morgan fingerprint density at radius 2 is 2.06 bits per heavy atom. The molecule has 96 valence electrons. The Kier molecular flexibility index (Phi) is 10.1. The van der Waals surface area contributed by atoms with Crippen LogP contribution in [0.1, 0.15) is 13.3 Å². The maximum Gasteiger partial charge on any atom is 0.505 e. The standard InChI is InChI=1S/C10H20O6/c1-3-14-5-4-9(8-16-10(11)12)15-7-6-13-2/h9H,3-8H2,1-2H3,(H,11,12). The van der Waals surface area contributed by atoms with Crippen LogP contribution in [0.2, 0.25) is 0 Å². The number of hydrogen-bond acceptors (Lipinski definition) is 5. The second kappa shape index (κ2) is 10.7. The summed E-state index contributed by atoms with van der Waals surface area (Å²) in [4.78, 5) is 10.2. The Balaban J connectivity index is 3.71. The summed E-state index contributed by atoms with van der Waals surface area (Å²) in [6.45, 7) is 3.96. The van der Waals surface area contributed by atoms with Crippen molar-refractivity contribution < 1.29 is 28.8 Å². The number of methoxy groups -OCH3 is 1. The van der Waals surface area contributed by atoms with Crippen LogP contribution in [0.25, 0.3) is 0 Å². The molecule has 0 radical (unpaired) electrons. The topological polar surface area (TPSA) is 74.2 Å². The Labute approximate surface area is 95.4 Å². The van der Waals surface area contributed by atoms with Crippen molar-refractivity contribution in [2.24, 2.45) is 0 Å². The van der Waals surface area contributed by atoms with E-state index in [1.54, 1.807) is 7.11 Å². The van der Waals surface area contributed by atoms with Gasteiger partial charge < -0.3 is 24.1 Å². The van der Waals surface area contributed by atoms with Crippen molar-refractivity contribution in [2.75, 3.05) is 40.1 Å². The van der Waals surface area contributed by atoms with E-state index in [0.717, 1.165) is 0 Å². The van der Waals surface area contributed by atoms with Gasteiger partial charge in [0, 0.05) is 26.7 Å². The fraction of sp³-hybridized carbons (Fsp3) is 0.900. The van der Waals surface area contributed by atoms with Crippen molar-refractivity contribution in [3.8, 4) is 0 Å². The predicted octanol–water partition coefficient (Wildman–Crippen LogP) is 1.14. The monoisotopic (exact) mass is 236 g/mol. The van der Waals surface area contributed by atoms with E-state index in [1.807, 2.05) is 6.92 Å². The molecule has 0 bridgehead atoms. The smallest absolute Gasteiger partial charge is 0.450 e. The molecule has 0 aromatic heterocycles. The third kappa shape index (κ3) is 9.70. The highest BCUT2D eigenvalue weighted by molar-refractivity contribution is 5.56. The molecule has 0 fully saturated rings. The average molecular weight is 236 g/mol. The lowest BCUT2D eigenvalue weighted by molar-refractivity contribution is -0.0374. The fourth-order valence-corrected chi connectivity index (χ4v) is 1.04. The van der Waals surface area contributed by atoms with Crippen molar-refractivity contribution in [3.63, 3.8) is 0 Å². The highest BCUT2D eigenvalue weighted by atomic mass is 16.7. The van der Waals surface area contributed by atoms with Gasteiger partial charge in [-0.25, -0.2) is 4.79 Å². The molecule has 0 rings (SSSR count). The lowest BCUT2D eigenvalue weighted by Gasteiger charge is -2.16. The summed E-state index contributed by atoms with van der Waals surface area (Å²) in [6, 6.07) is 0. The van der Waals surface area contributed by atoms with E-state index in [-0.39, 0.29) is 12.7 Å². The molecular weight excluding hydrogens is 216 g/mol. The maximum atomic E-state index is 10.2. The van der Waals surface area contributed by atoms with Gasteiger partial charge in [-0.1, -0.05) is 0 Å². The first-order valence-corrected chi connectivity index (χ1v) is 5.24. The van der Waals surface area contributed by atoms with E-state index in [0.29, 0.717) is 32.8 Å². The quantitative estimate of drug-likeness (QED) is 0.453. The molecule has 1 atom stereocenters. The molecule has 1 N–H and O–H groups in total.